The molecule has 0 amide bonds. The predicted octanol–water partition coefficient (Wildman–Crippen LogP) is 6.31. The Kier molecular flexibility index (Phi) is 5.82. The maximum absolute atomic E-state index is 4.92. The van der Waals surface area contributed by atoms with Crippen LogP contribution in [0.3, 0.4) is 0 Å². The predicted molar refractivity (Wildman–Crippen MR) is 151 cm³/mol. The van der Waals surface area contributed by atoms with Gasteiger partial charge >= 0.3 is 0 Å². The number of rotatable bonds is 5. The maximum Gasteiger partial charge on any atom is 0.123 e. The van der Waals surface area contributed by atoms with E-state index in [1.807, 2.05) is 12.4 Å². The molecule has 2 aliphatic rings. The molecular formula is C31H33N7. The van der Waals surface area contributed by atoms with Crippen molar-refractivity contribution in [2.75, 3.05) is 0 Å². The lowest BCUT2D eigenvalue weighted by molar-refractivity contribution is 0.564. The van der Waals surface area contributed by atoms with Crippen molar-refractivity contribution in [2.24, 2.45) is 0 Å². The van der Waals surface area contributed by atoms with Gasteiger partial charge in [0, 0.05) is 17.5 Å². The summed E-state index contributed by atoms with van der Waals surface area (Å²) >= 11 is 0. The van der Waals surface area contributed by atoms with E-state index >= 15 is 0 Å². The lowest BCUT2D eigenvalue weighted by Crippen LogP contribution is -2.21. The number of H-pyrrole nitrogens is 2. The van der Waals surface area contributed by atoms with E-state index in [1.165, 1.54) is 24.0 Å². The molecule has 0 unspecified atom stereocenters. The van der Waals surface area contributed by atoms with Crippen molar-refractivity contribution < 1.29 is 0 Å². The lowest BCUT2D eigenvalue weighted by atomic mass is 10.0. The van der Waals surface area contributed by atoms with E-state index in [9.17, 15) is 0 Å². The van der Waals surface area contributed by atoms with Crippen molar-refractivity contribution in [2.45, 2.75) is 63.7 Å². The molecule has 0 bridgehead atoms. The summed E-state index contributed by atoms with van der Waals surface area (Å²) < 4.78 is 0. The fourth-order valence-corrected chi connectivity index (χ4v) is 5.89. The van der Waals surface area contributed by atoms with Gasteiger partial charge in [-0.1, -0.05) is 36.4 Å². The van der Waals surface area contributed by atoms with Gasteiger partial charge in [0.05, 0.1) is 47.1 Å². The number of aromatic nitrogens is 5. The smallest absolute Gasteiger partial charge is 0.123 e. The molecule has 3 aromatic heterocycles. The summed E-state index contributed by atoms with van der Waals surface area (Å²) in [5, 5.41) is 8.31. The molecule has 2 saturated heterocycles. The molecule has 0 radical (unpaired) electrons. The minimum Gasteiger partial charge on any atom is -0.341 e. The molecule has 192 valence electrons. The number of benzene rings is 2. The molecule has 0 spiro atoms. The summed E-state index contributed by atoms with van der Waals surface area (Å²) in [6, 6.07) is 21.1. The Morgan fingerprint density at radius 2 is 1.24 bits per heavy atom. The zero-order chi connectivity index (χ0) is 25.6. The van der Waals surface area contributed by atoms with Crippen molar-refractivity contribution in [1.82, 2.24) is 35.6 Å². The van der Waals surface area contributed by atoms with Gasteiger partial charge in [0.2, 0.25) is 0 Å². The third-order valence-corrected chi connectivity index (χ3v) is 8.09. The first-order valence-electron chi connectivity index (χ1n) is 13.7. The number of aromatic amines is 2. The van der Waals surface area contributed by atoms with E-state index in [-0.39, 0.29) is 0 Å². The highest BCUT2D eigenvalue weighted by Crippen LogP contribution is 2.30. The minimum atomic E-state index is 0.302. The van der Waals surface area contributed by atoms with E-state index in [0.29, 0.717) is 24.2 Å². The fraction of sp³-hybridized carbons (Fsp3) is 0.323. The monoisotopic (exact) mass is 503 g/mol. The molecule has 7 heteroatoms. The van der Waals surface area contributed by atoms with Crippen LogP contribution in [-0.4, -0.2) is 37.0 Å². The van der Waals surface area contributed by atoms with Crippen LogP contribution in [0.2, 0.25) is 0 Å². The average Bonchev–Trinajstić information content (AvgIpc) is 3.75. The van der Waals surface area contributed by atoms with Gasteiger partial charge in [0.1, 0.15) is 11.6 Å². The van der Waals surface area contributed by atoms with Crippen LogP contribution in [0.15, 0.2) is 67.0 Å². The lowest BCUT2D eigenvalue weighted by Gasteiger charge is -2.09. The van der Waals surface area contributed by atoms with Gasteiger partial charge in [-0.05, 0) is 74.4 Å². The van der Waals surface area contributed by atoms with Crippen molar-refractivity contribution in [1.29, 1.82) is 0 Å². The fourth-order valence-electron chi connectivity index (χ4n) is 5.89. The Bertz CT molecular complexity index is 1580. The van der Waals surface area contributed by atoms with Crippen LogP contribution in [0.25, 0.3) is 44.7 Å². The molecule has 5 heterocycles. The summed E-state index contributed by atoms with van der Waals surface area (Å²) in [7, 11) is 0. The summed E-state index contributed by atoms with van der Waals surface area (Å²) in [6.45, 7) is 4.45. The molecule has 4 atom stereocenters. The summed E-state index contributed by atoms with van der Waals surface area (Å²) in [4.78, 5) is 21.2. The van der Waals surface area contributed by atoms with Crippen molar-refractivity contribution in [3.8, 4) is 33.8 Å². The maximum atomic E-state index is 4.92. The van der Waals surface area contributed by atoms with Gasteiger partial charge in [-0.3, -0.25) is 0 Å². The van der Waals surface area contributed by atoms with Crippen LogP contribution in [0, 0.1) is 0 Å². The average molecular weight is 504 g/mol. The number of hydrogen-bond acceptors (Lipinski definition) is 5. The van der Waals surface area contributed by atoms with Crippen molar-refractivity contribution in [3.05, 3.63) is 78.6 Å². The van der Waals surface area contributed by atoms with Gasteiger partial charge in [-0.25, -0.2) is 15.0 Å². The van der Waals surface area contributed by atoms with Gasteiger partial charge < -0.3 is 20.6 Å². The van der Waals surface area contributed by atoms with E-state index in [4.69, 9.17) is 4.98 Å². The minimum absolute atomic E-state index is 0.302. The molecule has 7 rings (SSSR count). The standard InChI is InChI=1S/C31H33N7/c1-18-3-11-26(34-18)30-32-16-28(37-30)21-7-5-20(6-8-21)22-9-13-24-23(15-22)10-14-25(36-24)29-17-33-31(38-29)27-12-4-19(2)35-27/h5-10,13-19,26-27,34-35H,3-4,11-12H2,1-2H3,(H,32,37)(H,33,38)/t18-,19-,26-,27-/m0/s1. The number of nitrogens with one attached hydrogen (secondary N) is 4. The molecule has 5 aromatic rings. The second-order valence-corrected chi connectivity index (χ2v) is 10.9. The van der Waals surface area contributed by atoms with Crippen LogP contribution in [0.5, 0.6) is 0 Å². The first-order valence-corrected chi connectivity index (χ1v) is 13.7. The molecule has 0 saturated carbocycles. The Morgan fingerprint density at radius 1 is 0.632 bits per heavy atom. The molecule has 4 N–H and O–H groups in total. The first kappa shape index (κ1) is 23.3. The number of hydrogen-bond donors (Lipinski definition) is 4. The highest BCUT2D eigenvalue weighted by Gasteiger charge is 2.25. The zero-order valence-corrected chi connectivity index (χ0v) is 21.8. The van der Waals surface area contributed by atoms with Crippen molar-refractivity contribution >= 4 is 10.9 Å². The third-order valence-electron chi connectivity index (χ3n) is 8.09. The topological polar surface area (TPSA) is 94.3 Å². The first-order chi connectivity index (χ1) is 18.6. The molecule has 2 fully saturated rings. The van der Waals surface area contributed by atoms with E-state index in [1.54, 1.807) is 0 Å². The number of nitrogens with zero attached hydrogens (tertiary/aromatic N) is 3. The molecular weight excluding hydrogens is 470 g/mol. The Hall–Kier alpha value is -3.81. The normalized spacial score (nSPS) is 23.4. The van der Waals surface area contributed by atoms with Crippen LogP contribution in [0.1, 0.15) is 63.3 Å². The van der Waals surface area contributed by atoms with Gasteiger partial charge in [0.25, 0.3) is 0 Å². The van der Waals surface area contributed by atoms with Gasteiger partial charge in [0.15, 0.2) is 0 Å². The van der Waals surface area contributed by atoms with Gasteiger partial charge in [-0.2, -0.15) is 0 Å². The SMILES string of the molecule is C[C@H]1CC[C@@H](c2ncc(-c3ccc(-c4ccc5nc(-c6cnc([C@@H]7CC[C@H](C)N7)[nH]6)ccc5c4)cc3)[nH]2)N1. The van der Waals surface area contributed by atoms with Crippen molar-refractivity contribution in [3.63, 3.8) is 0 Å². The Balaban J connectivity index is 1.09. The molecule has 38 heavy (non-hydrogen) atoms. The molecule has 2 aliphatic heterocycles. The van der Waals surface area contributed by atoms with Crippen LogP contribution in [0.4, 0.5) is 0 Å². The Morgan fingerprint density at radius 3 is 1.89 bits per heavy atom. The number of fused-ring (bicyclic) bond motifs is 1. The highest BCUT2D eigenvalue weighted by molar-refractivity contribution is 5.86. The van der Waals surface area contributed by atoms with E-state index in [0.717, 1.165) is 58.0 Å². The number of pyridine rings is 1. The third kappa shape index (κ3) is 4.42. The molecule has 2 aromatic carbocycles. The second kappa shape index (κ2) is 9.49. The quantitative estimate of drug-likeness (QED) is 0.226. The van der Waals surface area contributed by atoms with Crippen LogP contribution >= 0.6 is 0 Å². The second-order valence-electron chi connectivity index (χ2n) is 10.9. The summed E-state index contributed by atoms with van der Waals surface area (Å²) in [5.41, 5.74) is 7.42. The molecule has 0 aliphatic carbocycles. The zero-order valence-electron chi connectivity index (χ0n) is 21.8. The van der Waals surface area contributed by atoms with E-state index < -0.39 is 0 Å². The summed E-state index contributed by atoms with van der Waals surface area (Å²) in [6.07, 6.45) is 8.47. The number of imidazole rings is 2. The van der Waals surface area contributed by atoms with E-state index in [2.05, 4.69) is 99.0 Å². The molecule has 7 nitrogen and oxygen atoms in total. The highest BCUT2D eigenvalue weighted by atomic mass is 15.1. The Labute approximate surface area is 222 Å². The largest absolute Gasteiger partial charge is 0.341 e. The van der Waals surface area contributed by atoms with Crippen LogP contribution in [-0.2, 0) is 0 Å². The summed E-state index contributed by atoms with van der Waals surface area (Å²) in [5.74, 6) is 2.03. The van der Waals surface area contributed by atoms with Gasteiger partial charge in [-0.15, -0.1) is 0 Å². The van der Waals surface area contributed by atoms with Crippen LogP contribution < -0.4 is 10.6 Å².